The molecule has 0 spiro atoms. The fourth-order valence-electron chi connectivity index (χ4n) is 1.62. The van der Waals surface area contributed by atoms with Crippen LogP contribution in [0.25, 0.3) is 0 Å². The van der Waals surface area contributed by atoms with Gasteiger partial charge in [-0.1, -0.05) is 28.1 Å². The molecular formula is C14H14BrNO. The second-order valence-corrected chi connectivity index (χ2v) is 4.86. The van der Waals surface area contributed by atoms with Crippen molar-refractivity contribution in [1.29, 1.82) is 0 Å². The summed E-state index contributed by atoms with van der Waals surface area (Å²) in [5.41, 5.74) is 8.67. The predicted molar refractivity (Wildman–Crippen MR) is 74.1 cm³/mol. The normalized spacial score (nSPS) is 10.2. The largest absolute Gasteiger partial charge is 0.489 e. The van der Waals surface area contributed by atoms with Gasteiger partial charge in [0.1, 0.15) is 12.4 Å². The number of hydrogen-bond acceptors (Lipinski definition) is 2. The van der Waals surface area contributed by atoms with Crippen LogP contribution in [0.2, 0.25) is 0 Å². The Morgan fingerprint density at radius 2 is 2.00 bits per heavy atom. The van der Waals surface area contributed by atoms with Crippen molar-refractivity contribution >= 4 is 21.6 Å². The van der Waals surface area contributed by atoms with Gasteiger partial charge < -0.3 is 10.5 Å². The minimum atomic E-state index is 0.535. The molecule has 0 fully saturated rings. The average molecular weight is 292 g/mol. The van der Waals surface area contributed by atoms with Gasteiger partial charge in [0.15, 0.2) is 0 Å². The Morgan fingerprint density at radius 1 is 1.18 bits per heavy atom. The Balaban J connectivity index is 2.07. The molecule has 0 bridgehead atoms. The first-order valence-corrected chi connectivity index (χ1v) is 6.18. The molecule has 2 N–H and O–H groups in total. The Kier molecular flexibility index (Phi) is 3.69. The number of ether oxygens (including phenoxy) is 1. The molecule has 0 unspecified atom stereocenters. The van der Waals surface area contributed by atoms with Crippen molar-refractivity contribution in [2.75, 3.05) is 5.73 Å². The lowest BCUT2D eigenvalue weighted by Crippen LogP contribution is -1.97. The zero-order valence-corrected chi connectivity index (χ0v) is 11.2. The standard InChI is InChI=1S/C14H14BrNO/c1-10-7-12(15)5-6-14(10)17-9-11-3-2-4-13(16)8-11/h2-8H,9,16H2,1H3. The monoisotopic (exact) mass is 291 g/mol. The average Bonchev–Trinajstić information content (AvgIpc) is 2.28. The van der Waals surface area contributed by atoms with E-state index in [1.54, 1.807) is 0 Å². The lowest BCUT2D eigenvalue weighted by Gasteiger charge is -2.09. The molecule has 88 valence electrons. The molecule has 0 amide bonds. The molecule has 0 heterocycles. The molecule has 0 aliphatic heterocycles. The number of halogens is 1. The van der Waals surface area contributed by atoms with Crippen LogP contribution in [0.3, 0.4) is 0 Å². The Labute approximate surface area is 110 Å². The maximum Gasteiger partial charge on any atom is 0.122 e. The summed E-state index contributed by atoms with van der Waals surface area (Å²) in [4.78, 5) is 0. The van der Waals surface area contributed by atoms with Gasteiger partial charge in [-0.3, -0.25) is 0 Å². The number of hydrogen-bond donors (Lipinski definition) is 1. The SMILES string of the molecule is Cc1cc(Br)ccc1OCc1cccc(N)c1. The van der Waals surface area contributed by atoms with Crippen LogP contribution in [0, 0.1) is 6.92 Å². The maximum absolute atomic E-state index is 5.76. The van der Waals surface area contributed by atoms with Crippen LogP contribution in [0.4, 0.5) is 5.69 Å². The minimum Gasteiger partial charge on any atom is -0.489 e. The molecule has 0 aliphatic rings. The van der Waals surface area contributed by atoms with Crippen LogP contribution in [0.5, 0.6) is 5.75 Å². The van der Waals surface area contributed by atoms with E-state index in [1.165, 1.54) is 0 Å². The van der Waals surface area contributed by atoms with Crippen molar-refractivity contribution in [2.45, 2.75) is 13.5 Å². The lowest BCUT2D eigenvalue weighted by atomic mass is 10.2. The summed E-state index contributed by atoms with van der Waals surface area (Å²) < 4.78 is 6.82. The third-order valence-electron chi connectivity index (χ3n) is 2.48. The summed E-state index contributed by atoms with van der Waals surface area (Å²) in [5, 5.41) is 0. The first-order chi connectivity index (χ1) is 8.15. The van der Waals surface area contributed by atoms with E-state index in [4.69, 9.17) is 10.5 Å². The van der Waals surface area contributed by atoms with Crippen LogP contribution in [0.1, 0.15) is 11.1 Å². The Hall–Kier alpha value is -1.48. The molecule has 2 aromatic rings. The van der Waals surface area contributed by atoms with E-state index in [2.05, 4.69) is 15.9 Å². The number of aryl methyl sites for hydroxylation is 1. The smallest absolute Gasteiger partial charge is 0.122 e. The van der Waals surface area contributed by atoms with Crippen LogP contribution in [-0.2, 0) is 6.61 Å². The third-order valence-corrected chi connectivity index (χ3v) is 2.98. The Morgan fingerprint density at radius 3 is 2.71 bits per heavy atom. The van der Waals surface area contributed by atoms with Crippen molar-refractivity contribution in [3.63, 3.8) is 0 Å². The summed E-state index contributed by atoms with van der Waals surface area (Å²) in [6.07, 6.45) is 0. The molecular weight excluding hydrogens is 278 g/mol. The molecule has 0 atom stereocenters. The summed E-state index contributed by atoms with van der Waals surface area (Å²) in [6, 6.07) is 13.7. The van der Waals surface area contributed by atoms with E-state index in [1.807, 2.05) is 49.4 Å². The van der Waals surface area contributed by atoms with Gasteiger partial charge in [0, 0.05) is 10.2 Å². The highest BCUT2D eigenvalue weighted by molar-refractivity contribution is 9.10. The summed E-state index contributed by atoms with van der Waals surface area (Å²) in [5.74, 6) is 0.899. The lowest BCUT2D eigenvalue weighted by molar-refractivity contribution is 0.304. The van der Waals surface area contributed by atoms with E-state index in [-0.39, 0.29) is 0 Å². The maximum atomic E-state index is 5.76. The Bertz CT molecular complexity index is 525. The molecule has 2 nitrogen and oxygen atoms in total. The summed E-state index contributed by atoms with van der Waals surface area (Å²) >= 11 is 3.43. The molecule has 0 saturated carbocycles. The van der Waals surface area contributed by atoms with Crippen molar-refractivity contribution in [2.24, 2.45) is 0 Å². The van der Waals surface area contributed by atoms with Gasteiger partial charge in [0.2, 0.25) is 0 Å². The highest BCUT2D eigenvalue weighted by Crippen LogP contribution is 2.23. The highest BCUT2D eigenvalue weighted by atomic mass is 79.9. The van der Waals surface area contributed by atoms with Crippen LogP contribution >= 0.6 is 15.9 Å². The van der Waals surface area contributed by atoms with Gasteiger partial charge in [0.05, 0.1) is 0 Å². The highest BCUT2D eigenvalue weighted by Gasteiger charge is 2.01. The first kappa shape index (κ1) is 12.0. The second-order valence-electron chi connectivity index (χ2n) is 3.94. The van der Waals surface area contributed by atoms with E-state index in [9.17, 15) is 0 Å². The summed E-state index contributed by atoms with van der Waals surface area (Å²) in [7, 11) is 0. The molecule has 0 radical (unpaired) electrons. The molecule has 0 aromatic heterocycles. The van der Waals surface area contributed by atoms with Gasteiger partial charge in [-0.15, -0.1) is 0 Å². The fourth-order valence-corrected chi connectivity index (χ4v) is 2.09. The predicted octanol–water partition coefficient (Wildman–Crippen LogP) is 3.92. The van der Waals surface area contributed by atoms with Gasteiger partial charge in [-0.25, -0.2) is 0 Å². The summed E-state index contributed by atoms with van der Waals surface area (Å²) in [6.45, 7) is 2.56. The zero-order chi connectivity index (χ0) is 12.3. The van der Waals surface area contributed by atoms with Crippen LogP contribution in [0.15, 0.2) is 46.9 Å². The van der Waals surface area contributed by atoms with Gasteiger partial charge in [0.25, 0.3) is 0 Å². The number of benzene rings is 2. The van der Waals surface area contributed by atoms with Crippen molar-refractivity contribution < 1.29 is 4.74 Å². The fraction of sp³-hybridized carbons (Fsp3) is 0.143. The number of anilines is 1. The second kappa shape index (κ2) is 5.23. The number of nitrogens with two attached hydrogens (primary N) is 1. The molecule has 2 aromatic carbocycles. The third kappa shape index (κ3) is 3.24. The van der Waals surface area contributed by atoms with E-state index in [0.29, 0.717) is 6.61 Å². The molecule has 17 heavy (non-hydrogen) atoms. The van der Waals surface area contributed by atoms with E-state index in [0.717, 1.165) is 27.0 Å². The molecule has 0 aliphatic carbocycles. The minimum absolute atomic E-state index is 0.535. The van der Waals surface area contributed by atoms with E-state index < -0.39 is 0 Å². The van der Waals surface area contributed by atoms with E-state index >= 15 is 0 Å². The topological polar surface area (TPSA) is 35.2 Å². The van der Waals surface area contributed by atoms with Crippen molar-refractivity contribution in [1.82, 2.24) is 0 Å². The van der Waals surface area contributed by atoms with Crippen LogP contribution in [-0.4, -0.2) is 0 Å². The van der Waals surface area contributed by atoms with Gasteiger partial charge in [-0.2, -0.15) is 0 Å². The number of nitrogen functional groups attached to an aromatic ring is 1. The van der Waals surface area contributed by atoms with Crippen molar-refractivity contribution in [3.05, 3.63) is 58.1 Å². The first-order valence-electron chi connectivity index (χ1n) is 5.38. The van der Waals surface area contributed by atoms with Crippen LogP contribution < -0.4 is 10.5 Å². The quantitative estimate of drug-likeness (QED) is 0.870. The number of rotatable bonds is 3. The van der Waals surface area contributed by atoms with Gasteiger partial charge >= 0.3 is 0 Å². The zero-order valence-electron chi connectivity index (χ0n) is 9.61. The molecule has 3 heteroatoms. The molecule has 0 saturated heterocycles. The van der Waals surface area contributed by atoms with Crippen molar-refractivity contribution in [3.8, 4) is 5.75 Å². The molecule has 2 rings (SSSR count). The van der Waals surface area contributed by atoms with Gasteiger partial charge in [-0.05, 0) is 48.4 Å².